The zero-order valence-corrected chi connectivity index (χ0v) is 9.15. The minimum atomic E-state index is -0.836. The van der Waals surface area contributed by atoms with Crippen molar-refractivity contribution >= 4 is 5.97 Å². The van der Waals surface area contributed by atoms with Crippen molar-refractivity contribution in [2.45, 2.75) is 32.2 Å². The Morgan fingerprint density at radius 1 is 1.60 bits per heavy atom. The molecule has 4 heteroatoms. The van der Waals surface area contributed by atoms with E-state index in [0.717, 1.165) is 19.4 Å². The molecule has 1 saturated heterocycles. The Kier molecular flexibility index (Phi) is 4.78. The van der Waals surface area contributed by atoms with E-state index in [1.807, 2.05) is 6.92 Å². The Hall–Kier alpha value is -0.870. The molecular weight excluding hydrogens is 194 g/mol. The van der Waals surface area contributed by atoms with Gasteiger partial charge in [-0.1, -0.05) is 13.0 Å². The van der Waals surface area contributed by atoms with Crippen LogP contribution in [0.4, 0.5) is 0 Å². The largest absolute Gasteiger partial charge is 0.478 e. The van der Waals surface area contributed by atoms with E-state index >= 15 is 0 Å². The molecule has 0 spiro atoms. The highest BCUT2D eigenvalue weighted by molar-refractivity contribution is 5.86. The van der Waals surface area contributed by atoms with Crippen molar-refractivity contribution in [1.82, 2.24) is 4.90 Å². The highest BCUT2D eigenvalue weighted by atomic mass is 16.4. The normalized spacial score (nSPS) is 23.3. The van der Waals surface area contributed by atoms with E-state index in [1.54, 1.807) is 6.08 Å². The number of aliphatic hydroxyl groups excluding tert-OH is 1. The highest BCUT2D eigenvalue weighted by Crippen LogP contribution is 2.16. The van der Waals surface area contributed by atoms with E-state index in [1.165, 1.54) is 0 Å². The van der Waals surface area contributed by atoms with Crippen LogP contribution < -0.4 is 0 Å². The maximum atomic E-state index is 10.8. The van der Waals surface area contributed by atoms with Crippen LogP contribution >= 0.6 is 0 Å². The first-order valence-electron chi connectivity index (χ1n) is 5.46. The minimum Gasteiger partial charge on any atom is -0.478 e. The van der Waals surface area contributed by atoms with E-state index in [2.05, 4.69) is 4.90 Å². The van der Waals surface area contributed by atoms with Crippen molar-refractivity contribution in [2.24, 2.45) is 0 Å². The smallest absolute Gasteiger partial charge is 0.331 e. The molecule has 1 rings (SSSR count). The number of carboxylic acid groups (broad SMARTS) is 1. The van der Waals surface area contributed by atoms with Gasteiger partial charge in [-0.15, -0.1) is 0 Å². The van der Waals surface area contributed by atoms with Gasteiger partial charge < -0.3 is 10.2 Å². The summed E-state index contributed by atoms with van der Waals surface area (Å²) in [5.41, 5.74) is 0.457. The van der Waals surface area contributed by atoms with Gasteiger partial charge in [0.25, 0.3) is 0 Å². The van der Waals surface area contributed by atoms with Crippen molar-refractivity contribution in [3.8, 4) is 0 Å². The van der Waals surface area contributed by atoms with E-state index in [0.29, 0.717) is 18.5 Å². The van der Waals surface area contributed by atoms with Crippen LogP contribution in [0.2, 0.25) is 0 Å². The fourth-order valence-corrected chi connectivity index (χ4v) is 1.95. The van der Waals surface area contributed by atoms with Crippen LogP contribution in [-0.2, 0) is 4.79 Å². The van der Waals surface area contributed by atoms with Crippen LogP contribution in [-0.4, -0.2) is 46.8 Å². The van der Waals surface area contributed by atoms with Crippen molar-refractivity contribution in [3.05, 3.63) is 11.6 Å². The van der Waals surface area contributed by atoms with Crippen LogP contribution in [0, 0.1) is 0 Å². The summed E-state index contributed by atoms with van der Waals surface area (Å²) in [4.78, 5) is 12.9. The molecule has 0 amide bonds. The lowest BCUT2D eigenvalue weighted by Crippen LogP contribution is -2.32. The summed E-state index contributed by atoms with van der Waals surface area (Å²) in [7, 11) is 0. The van der Waals surface area contributed by atoms with Crippen LogP contribution in [0.1, 0.15) is 26.2 Å². The maximum absolute atomic E-state index is 10.8. The van der Waals surface area contributed by atoms with E-state index < -0.39 is 5.97 Å². The third-order valence-electron chi connectivity index (χ3n) is 2.94. The topological polar surface area (TPSA) is 60.8 Å². The summed E-state index contributed by atoms with van der Waals surface area (Å²) in [6.07, 6.45) is 4.41. The van der Waals surface area contributed by atoms with Gasteiger partial charge >= 0.3 is 5.97 Å². The first-order chi connectivity index (χ1) is 7.19. The molecule has 1 fully saturated rings. The second kappa shape index (κ2) is 5.88. The molecule has 1 heterocycles. The third-order valence-corrected chi connectivity index (χ3v) is 2.94. The second-order valence-corrected chi connectivity index (χ2v) is 3.86. The molecule has 4 nitrogen and oxygen atoms in total. The van der Waals surface area contributed by atoms with E-state index in [-0.39, 0.29) is 12.6 Å². The van der Waals surface area contributed by atoms with Gasteiger partial charge in [-0.3, -0.25) is 4.90 Å². The molecule has 0 aliphatic carbocycles. The highest BCUT2D eigenvalue weighted by Gasteiger charge is 2.22. The maximum Gasteiger partial charge on any atom is 0.331 e. The molecule has 1 atom stereocenters. The van der Waals surface area contributed by atoms with Gasteiger partial charge in [0.1, 0.15) is 0 Å². The lowest BCUT2D eigenvalue weighted by atomic mass is 10.2. The molecule has 0 radical (unpaired) electrons. The number of aliphatic carboxylic acids is 1. The number of hydrogen-bond donors (Lipinski definition) is 2. The zero-order valence-electron chi connectivity index (χ0n) is 9.15. The molecule has 0 bridgehead atoms. The molecule has 2 N–H and O–H groups in total. The Morgan fingerprint density at radius 2 is 2.33 bits per heavy atom. The second-order valence-electron chi connectivity index (χ2n) is 3.86. The lowest BCUT2D eigenvalue weighted by molar-refractivity contribution is -0.132. The molecule has 0 aromatic rings. The van der Waals surface area contributed by atoms with Crippen LogP contribution in [0.3, 0.4) is 0 Å². The van der Waals surface area contributed by atoms with Gasteiger partial charge in [-0.05, 0) is 25.8 Å². The van der Waals surface area contributed by atoms with E-state index in [4.69, 9.17) is 10.2 Å². The predicted octanol–water partition coefficient (Wildman–Crippen LogP) is 0.864. The molecular formula is C11H19NO3. The van der Waals surface area contributed by atoms with Gasteiger partial charge in [-0.25, -0.2) is 4.79 Å². The van der Waals surface area contributed by atoms with Crippen molar-refractivity contribution < 1.29 is 15.0 Å². The number of likely N-dealkylation sites (tertiary alicyclic amines) is 1. The monoisotopic (exact) mass is 213 g/mol. The van der Waals surface area contributed by atoms with Gasteiger partial charge in [0.05, 0.1) is 6.61 Å². The standard InChI is InChI=1S/C11H19NO3/c1-2-9(11(14)15)5-7-12-6-3-4-10(12)8-13/h5,10,13H,2-4,6-8H2,1H3,(H,14,15). The molecule has 0 saturated carbocycles. The van der Waals surface area contributed by atoms with Gasteiger partial charge in [0.15, 0.2) is 0 Å². The SMILES string of the molecule is CCC(=CCN1CCCC1CO)C(=O)O. The van der Waals surface area contributed by atoms with Crippen LogP contribution in [0.5, 0.6) is 0 Å². The first kappa shape index (κ1) is 12.2. The summed E-state index contributed by atoms with van der Waals surface area (Å²) >= 11 is 0. The van der Waals surface area contributed by atoms with Crippen LogP contribution in [0.25, 0.3) is 0 Å². The summed E-state index contributed by atoms with van der Waals surface area (Å²) in [5.74, 6) is -0.836. The summed E-state index contributed by atoms with van der Waals surface area (Å²) in [5, 5.41) is 17.9. The van der Waals surface area contributed by atoms with Gasteiger partial charge in [-0.2, -0.15) is 0 Å². The molecule has 0 aromatic heterocycles. The number of carboxylic acids is 1. The van der Waals surface area contributed by atoms with Crippen molar-refractivity contribution in [1.29, 1.82) is 0 Å². The fourth-order valence-electron chi connectivity index (χ4n) is 1.95. The lowest BCUT2D eigenvalue weighted by Gasteiger charge is -2.20. The predicted molar refractivity (Wildman–Crippen MR) is 57.7 cm³/mol. The molecule has 15 heavy (non-hydrogen) atoms. The average Bonchev–Trinajstić information content (AvgIpc) is 2.65. The number of aliphatic hydroxyl groups is 1. The van der Waals surface area contributed by atoms with E-state index in [9.17, 15) is 4.79 Å². The molecule has 1 unspecified atom stereocenters. The Morgan fingerprint density at radius 3 is 2.87 bits per heavy atom. The molecule has 1 aliphatic heterocycles. The number of carbonyl (C=O) groups is 1. The van der Waals surface area contributed by atoms with Gasteiger partial charge in [0.2, 0.25) is 0 Å². The molecule has 0 aromatic carbocycles. The summed E-state index contributed by atoms with van der Waals surface area (Å²) in [6.45, 7) is 3.61. The molecule has 86 valence electrons. The van der Waals surface area contributed by atoms with Crippen LogP contribution in [0.15, 0.2) is 11.6 Å². The number of nitrogens with zero attached hydrogens (tertiary/aromatic N) is 1. The Bertz CT molecular complexity index is 250. The quantitative estimate of drug-likeness (QED) is 0.665. The fraction of sp³-hybridized carbons (Fsp3) is 0.727. The average molecular weight is 213 g/mol. The number of hydrogen-bond acceptors (Lipinski definition) is 3. The Labute approximate surface area is 90.2 Å². The third kappa shape index (κ3) is 3.32. The summed E-state index contributed by atoms with van der Waals surface area (Å²) < 4.78 is 0. The minimum absolute atomic E-state index is 0.169. The van der Waals surface area contributed by atoms with Gasteiger partial charge in [0, 0.05) is 18.2 Å². The summed E-state index contributed by atoms with van der Waals surface area (Å²) in [6, 6.07) is 0.216. The number of rotatable bonds is 5. The van der Waals surface area contributed by atoms with Crippen molar-refractivity contribution in [3.63, 3.8) is 0 Å². The zero-order chi connectivity index (χ0) is 11.3. The molecule has 1 aliphatic rings. The first-order valence-corrected chi connectivity index (χ1v) is 5.46. The van der Waals surface area contributed by atoms with Crippen molar-refractivity contribution in [2.75, 3.05) is 19.7 Å². The Balaban J connectivity index is 2.50.